The molecule has 0 aliphatic carbocycles. The number of nitrogens with zero attached hydrogens (tertiary/aromatic N) is 1. The number of ether oxygens (including phenoxy) is 1. The number of carboxylic acid groups (broad SMARTS) is 1. The third-order valence-electron chi connectivity index (χ3n) is 3.37. The van der Waals surface area contributed by atoms with E-state index in [0.717, 1.165) is 6.42 Å². The number of carbonyl (C=O) groups excluding carboxylic acids is 2. The number of hydrogen-bond donors (Lipinski definition) is 2. The largest absolute Gasteiger partial charge is 0.478 e. The van der Waals surface area contributed by atoms with Crippen LogP contribution in [0, 0.1) is 0 Å². The highest BCUT2D eigenvalue weighted by Gasteiger charge is 2.34. The zero-order valence-corrected chi connectivity index (χ0v) is 11.5. The van der Waals surface area contributed by atoms with Gasteiger partial charge in [-0.1, -0.05) is 0 Å². The second-order valence-corrected chi connectivity index (χ2v) is 4.69. The van der Waals surface area contributed by atoms with Crippen LogP contribution in [0.15, 0.2) is 24.3 Å². The topological polar surface area (TPSA) is 95.9 Å². The van der Waals surface area contributed by atoms with Gasteiger partial charge in [0.2, 0.25) is 0 Å². The number of carboxylic acids is 1. The van der Waals surface area contributed by atoms with Gasteiger partial charge in [0.15, 0.2) is 0 Å². The predicted octanol–water partition coefficient (Wildman–Crippen LogP) is 1.55. The van der Waals surface area contributed by atoms with Crippen LogP contribution >= 0.6 is 0 Å². The first-order chi connectivity index (χ1) is 10.0. The fraction of sp³-hybridized carbons (Fsp3) is 0.357. The molecular formula is C14H16N2O5. The van der Waals surface area contributed by atoms with E-state index in [-0.39, 0.29) is 5.56 Å². The molecule has 2 rings (SSSR count). The van der Waals surface area contributed by atoms with Gasteiger partial charge < -0.3 is 20.1 Å². The van der Waals surface area contributed by atoms with Gasteiger partial charge in [0, 0.05) is 12.2 Å². The quantitative estimate of drug-likeness (QED) is 0.824. The van der Waals surface area contributed by atoms with Crippen molar-refractivity contribution >= 4 is 23.7 Å². The molecule has 0 radical (unpaired) electrons. The van der Waals surface area contributed by atoms with Gasteiger partial charge in [-0.25, -0.2) is 14.4 Å². The Morgan fingerprint density at radius 3 is 2.52 bits per heavy atom. The van der Waals surface area contributed by atoms with E-state index in [1.54, 1.807) is 0 Å². The molecule has 7 heteroatoms. The van der Waals surface area contributed by atoms with E-state index in [9.17, 15) is 14.4 Å². The monoisotopic (exact) mass is 292 g/mol. The van der Waals surface area contributed by atoms with Crippen LogP contribution in [0.25, 0.3) is 0 Å². The first-order valence-corrected chi connectivity index (χ1v) is 6.51. The van der Waals surface area contributed by atoms with Crippen molar-refractivity contribution in [2.24, 2.45) is 0 Å². The zero-order chi connectivity index (χ0) is 15.4. The van der Waals surface area contributed by atoms with Crippen molar-refractivity contribution < 1.29 is 24.2 Å². The Hall–Kier alpha value is -2.57. The zero-order valence-electron chi connectivity index (χ0n) is 11.5. The van der Waals surface area contributed by atoms with Crippen LogP contribution in [0.1, 0.15) is 23.2 Å². The van der Waals surface area contributed by atoms with Crippen molar-refractivity contribution in [3.05, 3.63) is 29.8 Å². The molecule has 0 aromatic heterocycles. The number of likely N-dealkylation sites (tertiary alicyclic amines) is 1. The summed E-state index contributed by atoms with van der Waals surface area (Å²) in [6.45, 7) is 0.485. The van der Waals surface area contributed by atoms with Crippen LogP contribution in [-0.2, 0) is 9.53 Å². The second kappa shape index (κ2) is 6.25. The molecule has 0 spiro atoms. The molecule has 2 N–H and O–H groups in total. The summed E-state index contributed by atoms with van der Waals surface area (Å²) in [5, 5.41) is 11.5. The number of urea groups is 1. The average Bonchev–Trinajstić information content (AvgIpc) is 2.96. The fourth-order valence-corrected chi connectivity index (χ4v) is 2.28. The van der Waals surface area contributed by atoms with Crippen molar-refractivity contribution in [1.29, 1.82) is 0 Å². The van der Waals surface area contributed by atoms with Crippen LogP contribution in [0.2, 0.25) is 0 Å². The number of methoxy groups -OCH3 is 1. The summed E-state index contributed by atoms with van der Waals surface area (Å²) < 4.78 is 4.68. The highest BCUT2D eigenvalue weighted by molar-refractivity contribution is 5.94. The van der Waals surface area contributed by atoms with Crippen molar-refractivity contribution in [3.63, 3.8) is 0 Å². The van der Waals surface area contributed by atoms with Crippen LogP contribution < -0.4 is 5.32 Å². The van der Waals surface area contributed by atoms with E-state index >= 15 is 0 Å². The summed E-state index contributed by atoms with van der Waals surface area (Å²) in [5.41, 5.74) is 0.613. The minimum Gasteiger partial charge on any atom is -0.478 e. The minimum atomic E-state index is -1.03. The van der Waals surface area contributed by atoms with E-state index in [0.29, 0.717) is 18.7 Å². The molecule has 1 aliphatic heterocycles. The van der Waals surface area contributed by atoms with Gasteiger partial charge in [-0.15, -0.1) is 0 Å². The predicted molar refractivity (Wildman–Crippen MR) is 74.2 cm³/mol. The number of benzene rings is 1. The normalized spacial score (nSPS) is 17.4. The molecule has 0 saturated carbocycles. The summed E-state index contributed by atoms with van der Waals surface area (Å²) in [5.74, 6) is -1.46. The Morgan fingerprint density at radius 1 is 1.29 bits per heavy atom. The maximum atomic E-state index is 12.2. The molecule has 7 nitrogen and oxygen atoms in total. The van der Waals surface area contributed by atoms with Crippen molar-refractivity contribution in [2.45, 2.75) is 18.9 Å². The molecule has 1 saturated heterocycles. The van der Waals surface area contributed by atoms with Crippen molar-refractivity contribution in [3.8, 4) is 0 Å². The van der Waals surface area contributed by atoms with Crippen LogP contribution in [0.5, 0.6) is 0 Å². The smallest absolute Gasteiger partial charge is 0.335 e. The van der Waals surface area contributed by atoms with Crippen LogP contribution in [0.4, 0.5) is 10.5 Å². The van der Waals surface area contributed by atoms with E-state index in [4.69, 9.17) is 5.11 Å². The molecule has 0 bridgehead atoms. The maximum absolute atomic E-state index is 12.2. The molecule has 1 aromatic carbocycles. The highest BCUT2D eigenvalue weighted by Crippen LogP contribution is 2.20. The van der Waals surface area contributed by atoms with E-state index < -0.39 is 24.0 Å². The third kappa shape index (κ3) is 3.31. The number of anilines is 1. The molecule has 1 unspecified atom stereocenters. The Labute approximate surface area is 121 Å². The first-order valence-electron chi connectivity index (χ1n) is 6.51. The average molecular weight is 292 g/mol. The number of hydrogen-bond acceptors (Lipinski definition) is 4. The Balaban J connectivity index is 2.03. The number of amides is 2. The van der Waals surface area contributed by atoms with Gasteiger partial charge in [-0.2, -0.15) is 0 Å². The molecule has 112 valence electrons. The number of rotatable bonds is 3. The van der Waals surface area contributed by atoms with Gasteiger partial charge in [0.1, 0.15) is 6.04 Å². The van der Waals surface area contributed by atoms with Crippen LogP contribution in [-0.4, -0.2) is 47.7 Å². The maximum Gasteiger partial charge on any atom is 0.335 e. The number of esters is 1. The SMILES string of the molecule is COC(=O)C1CCCN1C(=O)Nc1ccc(C(=O)O)cc1. The fourth-order valence-electron chi connectivity index (χ4n) is 2.28. The lowest BCUT2D eigenvalue weighted by Crippen LogP contribution is -2.43. The number of aromatic carboxylic acids is 1. The number of carbonyl (C=O) groups is 3. The van der Waals surface area contributed by atoms with E-state index in [2.05, 4.69) is 10.1 Å². The summed E-state index contributed by atoms with van der Waals surface area (Å²) in [6.07, 6.45) is 1.32. The molecule has 2 amide bonds. The molecule has 1 heterocycles. The minimum absolute atomic E-state index is 0.140. The molecule has 21 heavy (non-hydrogen) atoms. The van der Waals surface area contributed by atoms with E-state index in [1.165, 1.54) is 36.3 Å². The highest BCUT2D eigenvalue weighted by atomic mass is 16.5. The summed E-state index contributed by atoms with van der Waals surface area (Å²) in [7, 11) is 1.29. The lowest BCUT2D eigenvalue weighted by molar-refractivity contribution is -0.144. The Bertz CT molecular complexity index is 555. The Morgan fingerprint density at radius 2 is 1.95 bits per heavy atom. The third-order valence-corrected chi connectivity index (χ3v) is 3.37. The van der Waals surface area contributed by atoms with Crippen molar-refractivity contribution in [1.82, 2.24) is 4.90 Å². The molecule has 1 fully saturated rings. The summed E-state index contributed by atoms with van der Waals surface area (Å²) in [6, 6.07) is 4.86. The van der Waals surface area contributed by atoms with Gasteiger partial charge in [-0.3, -0.25) is 0 Å². The number of nitrogens with one attached hydrogen (secondary N) is 1. The van der Waals surface area contributed by atoms with Crippen molar-refractivity contribution in [2.75, 3.05) is 19.0 Å². The van der Waals surface area contributed by atoms with E-state index in [1.807, 2.05) is 0 Å². The lowest BCUT2D eigenvalue weighted by atomic mass is 10.2. The molecule has 1 aromatic rings. The molecule has 1 aliphatic rings. The standard InChI is InChI=1S/C14H16N2O5/c1-21-13(19)11-3-2-8-16(11)14(20)15-10-6-4-9(5-7-10)12(17)18/h4-7,11H,2-3,8H2,1H3,(H,15,20)(H,17,18). The van der Waals surface area contributed by atoms with Gasteiger partial charge in [0.25, 0.3) is 0 Å². The lowest BCUT2D eigenvalue weighted by Gasteiger charge is -2.22. The molecule has 1 atom stereocenters. The first kappa shape index (κ1) is 14.8. The van der Waals surface area contributed by atoms with Gasteiger partial charge in [0.05, 0.1) is 12.7 Å². The van der Waals surface area contributed by atoms with Gasteiger partial charge >= 0.3 is 18.0 Å². The van der Waals surface area contributed by atoms with Crippen LogP contribution in [0.3, 0.4) is 0 Å². The Kier molecular flexibility index (Phi) is 4.42. The molecular weight excluding hydrogens is 276 g/mol. The summed E-state index contributed by atoms with van der Waals surface area (Å²) >= 11 is 0. The second-order valence-electron chi connectivity index (χ2n) is 4.69. The summed E-state index contributed by atoms with van der Waals surface area (Å²) in [4.78, 5) is 35.9. The van der Waals surface area contributed by atoms with Gasteiger partial charge in [-0.05, 0) is 37.1 Å².